The lowest BCUT2D eigenvalue weighted by Gasteiger charge is -2.25. The first-order valence-corrected chi connectivity index (χ1v) is 11.7. The van der Waals surface area contributed by atoms with Gasteiger partial charge >= 0.3 is 0 Å². The second-order valence-electron chi connectivity index (χ2n) is 6.52. The van der Waals surface area contributed by atoms with Crippen LogP contribution in [-0.2, 0) is 20.6 Å². The quantitative estimate of drug-likeness (QED) is 0.764. The predicted molar refractivity (Wildman–Crippen MR) is 110 cm³/mol. The van der Waals surface area contributed by atoms with Crippen molar-refractivity contribution in [3.8, 4) is 0 Å². The molecule has 1 aliphatic rings. The van der Waals surface area contributed by atoms with Gasteiger partial charge in [-0.15, -0.1) is 11.8 Å². The highest BCUT2D eigenvalue weighted by Gasteiger charge is 2.25. The molecule has 1 saturated heterocycles. The largest absolute Gasteiger partial charge is 0.325 e. The van der Waals surface area contributed by atoms with E-state index in [2.05, 4.69) is 5.32 Å². The van der Waals surface area contributed by atoms with Crippen LogP contribution in [0.3, 0.4) is 0 Å². The van der Waals surface area contributed by atoms with Gasteiger partial charge in [0.25, 0.3) is 0 Å². The van der Waals surface area contributed by atoms with Gasteiger partial charge in [-0.1, -0.05) is 36.8 Å². The summed E-state index contributed by atoms with van der Waals surface area (Å²) in [5, 5.41) is 2.82. The number of sulfonamides is 1. The van der Waals surface area contributed by atoms with Crippen LogP contribution < -0.4 is 5.32 Å². The molecule has 1 heterocycles. The lowest BCUT2D eigenvalue weighted by Crippen LogP contribution is -2.35. The maximum Gasteiger partial charge on any atom is 0.243 e. The first kappa shape index (κ1) is 19.9. The molecular formula is C20H24N2O3S2. The molecule has 2 aromatic rings. The summed E-state index contributed by atoms with van der Waals surface area (Å²) in [5.74, 6) is 1.03. The summed E-state index contributed by atoms with van der Waals surface area (Å²) in [6.45, 7) is 1.17. The fourth-order valence-corrected chi connectivity index (χ4v) is 5.30. The van der Waals surface area contributed by atoms with E-state index < -0.39 is 10.0 Å². The molecule has 3 rings (SSSR count). The SMILES string of the molecule is O=C(CSCc1ccccc1)Nc1ccc(S(=O)(=O)N2CCCCC2)cc1. The standard InChI is InChI=1S/C20H24N2O3S2/c23-20(16-26-15-17-7-3-1-4-8-17)21-18-9-11-19(12-10-18)27(24,25)22-13-5-2-6-14-22/h1,3-4,7-12H,2,5-6,13-16H2,(H,21,23). The van der Waals surface area contributed by atoms with Gasteiger partial charge in [-0.25, -0.2) is 8.42 Å². The minimum atomic E-state index is -3.44. The topological polar surface area (TPSA) is 66.5 Å². The molecule has 1 aliphatic heterocycles. The van der Waals surface area contributed by atoms with Crippen LogP contribution in [-0.4, -0.2) is 37.5 Å². The molecule has 7 heteroatoms. The normalized spacial score (nSPS) is 15.4. The van der Waals surface area contributed by atoms with Gasteiger partial charge in [-0.05, 0) is 42.7 Å². The summed E-state index contributed by atoms with van der Waals surface area (Å²) < 4.78 is 26.8. The Kier molecular flexibility index (Phi) is 6.93. The molecule has 1 amide bonds. The highest BCUT2D eigenvalue weighted by molar-refractivity contribution is 7.99. The molecular weight excluding hydrogens is 380 g/mol. The van der Waals surface area contributed by atoms with E-state index >= 15 is 0 Å². The van der Waals surface area contributed by atoms with Gasteiger partial charge in [0.05, 0.1) is 10.6 Å². The number of benzene rings is 2. The molecule has 0 atom stereocenters. The summed E-state index contributed by atoms with van der Waals surface area (Å²) >= 11 is 1.55. The molecule has 0 saturated carbocycles. The van der Waals surface area contributed by atoms with Gasteiger partial charge in [0.15, 0.2) is 0 Å². The highest BCUT2D eigenvalue weighted by Crippen LogP contribution is 2.22. The Morgan fingerprint density at radius 2 is 1.63 bits per heavy atom. The smallest absolute Gasteiger partial charge is 0.243 e. The molecule has 1 fully saturated rings. The van der Waals surface area contributed by atoms with E-state index in [4.69, 9.17) is 0 Å². The Bertz CT molecular complexity index is 847. The number of amides is 1. The number of nitrogens with one attached hydrogen (secondary N) is 1. The molecule has 144 valence electrons. The monoisotopic (exact) mass is 404 g/mol. The Labute approximate surface area is 165 Å². The minimum Gasteiger partial charge on any atom is -0.325 e. The van der Waals surface area contributed by atoms with Gasteiger partial charge in [0.2, 0.25) is 15.9 Å². The Morgan fingerprint density at radius 3 is 2.30 bits per heavy atom. The lowest BCUT2D eigenvalue weighted by molar-refractivity contribution is -0.113. The summed E-state index contributed by atoms with van der Waals surface area (Å²) in [5.41, 5.74) is 1.79. The number of piperidine rings is 1. The average Bonchev–Trinajstić information content (AvgIpc) is 2.70. The van der Waals surface area contributed by atoms with Crippen LogP contribution in [0.5, 0.6) is 0 Å². The zero-order chi connectivity index (χ0) is 19.1. The average molecular weight is 405 g/mol. The third-order valence-corrected chi connectivity index (χ3v) is 7.35. The second kappa shape index (κ2) is 9.39. The van der Waals surface area contributed by atoms with Gasteiger partial charge in [-0.2, -0.15) is 4.31 Å². The first-order valence-electron chi connectivity index (χ1n) is 9.07. The van der Waals surface area contributed by atoms with Crippen molar-refractivity contribution < 1.29 is 13.2 Å². The molecule has 0 bridgehead atoms. The zero-order valence-electron chi connectivity index (χ0n) is 15.1. The number of thioether (sulfide) groups is 1. The van der Waals surface area contributed by atoms with Gasteiger partial charge in [0, 0.05) is 24.5 Å². The van der Waals surface area contributed by atoms with Crippen molar-refractivity contribution in [2.24, 2.45) is 0 Å². The van der Waals surface area contributed by atoms with E-state index in [1.807, 2.05) is 30.3 Å². The van der Waals surface area contributed by atoms with Crippen molar-refractivity contribution >= 4 is 33.4 Å². The summed E-state index contributed by atoms with van der Waals surface area (Å²) in [6.07, 6.45) is 2.90. The summed E-state index contributed by atoms with van der Waals surface area (Å²) in [6, 6.07) is 16.4. The van der Waals surface area contributed by atoms with Gasteiger partial charge in [0.1, 0.15) is 0 Å². The number of carbonyl (C=O) groups is 1. The Morgan fingerprint density at radius 1 is 0.963 bits per heavy atom. The van der Waals surface area contributed by atoms with Crippen molar-refractivity contribution in [1.82, 2.24) is 4.31 Å². The van der Waals surface area contributed by atoms with Crippen LogP contribution in [0.4, 0.5) is 5.69 Å². The Balaban J connectivity index is 1.51. The predicted octanol–water partition coefficient (Wildman–Crippen LogP) is 3.73. The number of nitrogens with zero attached hydrogens (tertiary/aromatic N) is 1. The fourth-order valence-electron chi connectivity index (χ4n) is 3.00. The lowest BCUT2D eigenvalue weighted by atomic mass is 10.2. The van der Waals surface area contributed by atoms with E-state index in [9.17, 15) is 13.2 Å². The van der Waals surface area contributed by atoms with E-state index in [0.717, 1.165) is 25.0 Å². The fraction of sp³-hybridized carbons (Fsp3) is 0.350. The molecule has 2 aromatic carbocycles. The van der Waals surface area contributed by atoms with Crippen LogP contribution in [0.2, 0.25) is 0 Å². The van der Waals surface area contributed by atoms with Gasteiger partial charge in [-0.3, -0.25) is 4.79 Å². The van der Waals surface area contributed by atoms with Crippen LogP contribution in [0.25, 0.3) is 0 Å². The third kappa shape index (κ3) is 5.57. The molecule has 1 N–H and O–H groups in total. The maximum atomic E-state index is 12.6. The number of anilines is 1. The molecule has 5 nitrogen and oxygen atoms in total. The molecule has 0 aliphatic carbocycles. The van der Waals surface area contributed by atoms with E-state index in [0.29, 0.717) is 24.5 Å². The molecule has 0 unspecified atom stereocenters. The summed E-state index contributed by atoms with van der Waals surface area (Å²) in [4.78, 5) is 12.4. The van der Waals surface area contributed by atoms with Crippen LogP contribution in [0, 0.1) is 0 Å². The van der Waals surface area contributed by atoms with Gasteiger partial charge < -0.3 is 5.32 Å². The molecule has 27 heavy (non-hydrogen) atoms. The van der Waals surface area contributed by atoms with Crippen LogP contribution >= 0.6 is 11.8 Å². The van der Waals surface area contributed by atoms with E-state index in [1.165, 1.54) is 5.56 Å². The van der Waals surface area contributed by atoms with Crippen molar-refractivity contribution in [3.63, 3.8) is 0 Å². The molecule has 0 radical (unpaired) electrons. The van der Waals surface area contributed by atoms with Crippen molar-refractivity contribution in [3.05, 3.63) is 60.2 Å². The number of hydrogen-bond acceptors (Lipinski definition) is 4. The number of hydrogen-bond donors (Lipinski definition) is 1. The van der Waals surface area contributed by atoms with E-state index in [1.54, 1.807) is 40.3 Å². The highest BCUT2D eigenvalue weighted by atomic mass is 32.2. The molecule has 0 spiro atoms. The van der Waals surface area contributed by atoms with Crippen LogP contribution in [0.15, 0.2) is 59.5 Å². The van der Waals surface area contributed by atoms with Crippen molar-refractivity contribution in [2.45, 2.75) is 29.9 Å². The van der Waals surface area contributed by atoms with Crippen LogP contribution in [0.1, 0.15) is 24.8 Å². The van der Waals surface area contributed by atoms with Crippen molar-refractivity contribution in [1.29, 1.82) is 0 Å². The third-order valence-electron chi connectivity index (χ3n) is 4.44. The second-order valence-corrected chi connectivity index (χ2v) is 9.44. The number of carbonyl (C=O) groups excluding carboxylic acids is 1. The zero-order valence-corrected chi connectivity index (χ0v) is 16.8. The van der Waals surface area contributed by atoms with Crippen molar-refractivity contribution in [2.75, 3.05) is 24.2 Å². The van der Waals surface area contributed by atoms with E-state index in [-0.39, 0.29) is 10.8 Å². The minimum absolute atomic E-state index is 0.0948. The summed E-state index contributed by atoms with van der Waals surface area (Å²) in [7, 11) is -3.44. The maximum absolute atomic E-state index is 12.6. The number of rotatable bonds is 7. The molecule has 0 aromatic heterocycles. The first-order chi connectivity index (χ1) is 13.1. The Hall–Kier alpha value is -1.83.